The number of rotatable bonds is 7. The van der Waals surface area contributed by atoms with Crippen LogP contribution >= 0.6 is 0 Å². The van der Waals surface area contributed by atoms with E-state index in [4.69, 9.17) is 0 Å². The third kappa shape index (κ3) is 4.63. The Morgan fingerprint density at radius 2 is 1.86 bits per heavy atom. The Kier molecular flexibility index (Phi) is 6.29. The number of benzene rings is 1. The zero-order valence-electron chi connectivity index (χ0n) is 17.3. The number of imidazole rings is 1. The van der Waals surface area contributed by atoms with Gasteiger partial charge in [-0.1, -0.05) is 18.2 Å². The molecule has 1 aromatic carbocycles. The number of fused-ring (bicyclic) bond motifs is 1. The van der Waals surface area contributed by atoms with E-state index >= 15 is 0 Å². The van der Waals surface area contributed by atoms with Gasteiger partial charge >= 0.3 is 0 Å². The first-order valence-corrected chi connectivity index (χ1v) is 9.66. The topological polar surface area (TPSA) is 78.7 Å². The molecule has 0 saturated heterocycles. The molecule has 0 fully saturated rings. The van der Waals surface area contributed by atoms with E-state index in [0.29, 0.717) is 12.1 Å². The van der Waals surface area contributed by atoms with E-state index in [2.05, 4.69) is 20.5 Å². The minimum atomic E-state index is -0.339. The highest BCUT2D eigenvalue weighted by Crippen LogP contribution is 2.20. The molecule has 3 aromatic rings. The molecule has 2 heterocycles. The number of hydrogen-bond acceptors (Lipinski definition) is 4. The highest BCUT2D eigenvalue weighted by atomic mass is 16.2. The fourth-order valence-corrected chi connectivity index (χ4v) is 3.11. The first-order chi connectivity index (χ1) is 13.9. The molecule has 29 heavy (non-hydrogen) atoms. The van der Waals surface area contributed by atoms with Crippen LogP contribution < -0.4 is 10.6 Å². The number of pyridine rings is 1. The minimum Gasteiger partial charge on any atom is -0.349 e. The number of anilines is 1. The number of amides is 2. The van der Waals surface area contributed by atoms with E-state index in [-0.39, 0.29) is 23.3 Å². The summed E-state index contributed by atoms with van der Waals surface area (Å²) in [7, 11) is 3.98. The standard InChI is InChI=1S/C22H27N5O2/c1-15-9-7-10-17(16(15)2)24-21(28)19-18-11-5-6-14-27(18)20(25-19)22(29)23-12-8-13-26(3)4/h5-7,9-11,14H,8,12-13H2,1-4H3,(H,23,29)(H,24,28). The van der Waals surface area contributed by atoms with Gasteiger partial charge in [0.05, 0.1) is 5.52 Å². The van der Waals surface area contributed by atoms with Crippen molar-refractivity contribution in [1.29, 1.82) is 0 Å². The lowest BCUT2D eigenvalue weighted by Crippen LogP contribution is -2.28. The van der Waals surface area contributed by atoms with Crippen LogP contribution in [-0.4, -0.2) is 53.3 Å². The van der Waals surface area contributed by atoms with Crippen LogP contribution in [0.2, 0.25) is 0 Å². The van der Waals surface area contributed by atoms with Crippen molar-refractivity contribution in [2.75, 3.05) is 32.5 Å². The van der Waals surface area contributed by atoms with Crippen molar-refractivity contribution in [3.63, 3.8) is 0 Å². The maximum atomic E-state index is 12.9. The van der Waals surface area contributed by atoms with Crippen LogP contribution in [-0.2, 0) is 0 Å². The summed E-state index contributed by atoms with van der Waals surface area (Å²) >= 11 is 0. The van der Waals surface area contributed by atoms with Crippen LogP contribution in [0.4, 0.5) is 5.69 Å². The molecule has 2 N–H and O–H groups in total. The summed E-state index contributed by atoms with van der Waals surface area (Å²) in [6.45, 7) is 5.38. The summed E-state index contributed by atoms with van der Waals surface area (Å²) in [4.78, 5) is 32.0. The Hall–Kier alpha value is -3.19. The largest absolute Gasteiger partial charge is 0.349 e. The molecule has 0 aliphatic heterocycles. The minimum absolute atomic E-state index is 0.205. The number of aromatic nitrogens is 2. The second kappa shape index (κ2) is 8.87. The Morgan fingerprint density at radius 1 is 1.07 bits per heavy atom. The monoisotopic (exact) mass is 393 g/mol. The lowest BCUT2D eigenvalue weighted by atomic mass is 10.1. The van der Waals surface area contributed by atoms with Gasteiger partial charge in [-0.15, -0.1) is 0 Å². The molecule has 0 bridgehead atoms. The van der Waals surface area contributed by atoms with Crippen LogP contribution in [0.25, 0.3) is 5.52 Å². The number of carbonyl (C=O) groups is 2. The molecular weight excluding hydrogens is 366 g/mol. The highest BCUT2D eigenvalue weighted by Gasteiger charge is 2.21. The summed E-state index contributed by atoms with van der Waals surface area (Å²) < 4.78 is 1.65. The predicted octanol–water partition coefficient (Wildman–Crippen LogP) is 2.88. The van der Waals surface area contributed by atoms with E-state index < -0.39 is 0 Å². The molecule has 0 radical (unpaired) electrons. The molecule has 7 nitrogen and oxygen atoms in total. The Labute approximate surface area is 170 Å². The average molecular weight is 393 g/mol. The molecule has 3 rings (SSSR count). The fraction of sp³-hybridized carbons (Fsp3) is 0.318. The predicted molar refractivity (Wildman–Crippen MR) is 115 cm³/mol. The second-order valence-corrected chi connectivity index (χ2v) is 7.35. The number of aryl methyl sites for hydroxylation is 1. The van der Waals surface area contributed by atoms with Crippen molar-refractivity contribution in [3.05, 3.63) is 65.2 Å². The third-order valence-electron chi connectivity index (χ3n) is 4.89. The van der Waals surface area contributed by atoms with E-state index in [9.17, 15) is 9.59 Å². The summed E-state index contributed by atoms with van der Waals surface area (Å²) in [5.74, 6) is -0.429. The maximum Gasteiger partial charge on any atom is 0.287 e. The Balaban J connectivity index is 1.84. The Morgan fingerprint density at radius 3 is 2.62 bits per heavy atom. The SMILES string of the molecule is Cc1cccc(NC(=O)c2nc(C(=O)NCCCN(C)C)n3ccccc23)c1C. The third-order valence-corrected chi connectivity index (χ3v) is 4.89. The van der Waals surface area contributed by atoms with E-state index in [1.165, 1.54) is 0 Å². The van der Waals surface area contributed by atoms with Crippen LogP contribution in [0.3, 0.4) is 0 Å². The quantitative estimate of drug-likeness (QED) is 0.605. The van der Waals surface area contributed by atoms with Gasteiger partial charge in [-0.05, 0) is 70.2 Å². The van der Waals surface area contributed by atoms with Gasteiger partial charge in [0.2, 0.25) is 5.82 Å². The molecule has 2 aromatic heterocycles. The van der Waals surface area contributed by atoms with Crippen molar-refractivity contribution in [2.45, 2.75) is 20.3 Å². The molecule has 0 unspecified atom stereocenters. The molecule has 7 heteroatoms. The van der Waals surface area contributed by atoms with Crippen molar-refractivity contribution < 1.29 is 9.59 Å². The molecule has 0 aliphatic carbocycles. The summed E-state index contributed by atoms with van der Waals surface area (Å²) in [5.41, 5.74) is 3.65. The molecule has 2 amide bonds. The second-order valence-electron chi connectivity index (χ2n) is 7.35. The van der Waals surface area contributed by atoms with Gasteiger partial charge < -0.3 is 15.5 Å². The van der Waals surface area contributed by atoms with Gasteiger partial charge in [0, 0.05) is 18.4 Å². The van der Waals surface area contributed by atoms with Gasteiger partial charge in [-0.25, -0.2) is 4.98 Å². The smallest absolute Gasteiger partial charge is 0.287 e. The van der Waals surface area contributed by atoms with Crippen molar-refractivity contribution in [1.82, 2.24) is 19.6 Å². The Bertz CT molecular complexity index is 1040. The zero-order valence-corrected chi connectivity index (χ0v) is 17.3. The maximum absolute atomic E-state index is 12.9. The summed E-state index contributed by atoms with van der Waals surface area (Å²) in [6.07, 6.45) is 2.58. The molecule has 0 atom stereocenters. The van der Waals surface area contributed by atoms with Gasteiger partial charge in [0.1, 0.15) is 0 Å². The average Bonchev–Trinajstić information content (AvgIpc) is 3.08. The summed E-state index contributed by atoms with van der Waals surface area (Å²) in [6, 6.07) is 11.2. The molecular formula is C22H27N5O2. The number of hydrogen-bond donors (Lipinski definition) is 2. The van der Waals surface area contributed by atoms with Crippen LogP contribution in [0.5, 0.6) is 0 Å². The van der Waals surface area contributed by atoms with Crippen molar-refractivity contribution >= 4 is 23.0 Å². The molecule has 0 saturated carbocycles. The zero-order chi connectivity index (χ0) is 21.0. The molecule has 0 aliphatic rings. The lowest BCUT2D eigenvalue weighted by Gasteiger charge is -2.09. The van der Waals surface area contributed by atoms with E-state index in [1.54, 1.807) is 16.7 Å². The van der Waals surface area contributed by atoms with Gasteiger partial charge in [-0.2, -0.15) is 0 Å². The lowest BCUT2D eigenvalue weighted by molar-refractivity contribution is 0.0941. The van der Waals surface area contributed by atoms with Crippen molar-refractivity contribution in [3.8, 4) is 0 Å². The highest BCUT2D eigenvalue weighted by molar-refractivity contribution is 6.09. The fourth-order valence-electron chi connectivity index (χ4n) is 3.11. The van der Waals surface area contributed by atoms with Gasteiger partial charge in [0.15, 0.2) is 5.69 Å². The molecule has 0 spiro atoms. The summed E-state index contributed by atoms with van der Waals surface area (Å²) in [5, 5.41) is 5.81. The first-order valence-electron chi connectivity index (χ1n) is 9.66. The van der Waals surface area contributed by atoms with Gasteiger partial charge in [0.25, 0.3) is 11.8 Å². The number of nitrogens with one attached hydrogen (secondary N) is 2. The van der Waals surface area contributed by atoms with E-state index in [0.717, 1.165) is 29.8 Å². The first kappa shape index (κ1) is 20.5. The molecule has 152 valence electrons. The van der Waals surface area contributed by atoms with Crippen molar-refractivity contribution in [2.24, 2.45) is 0 Å². The van der Waals surface area contributed by atoms with Crippen LogP contribution in [0.15, 0.2) is 42.6 Å². The van der Waals surface area contributed by atoms with Crippen LogP contribution in [0, 0.1) is 13.8 Å². The normalized spacial score (nSPS) is 11.1. The number of carbonyl (C=O) groups excluding carboxylic acids is 2. The van der Waals surface area contributed by atoms with Crippen LogP contribution in [0.1, 0.15) is 38.7 Å². The van der Waals surface area contributed by atoms with E-state index in [1.807, 2.05) is 58.3 Å². The number of nitrogens with zero attached hydrogens (tertiary/aromatic N) is 3. The van der Waals surface area contributed by atoms with Gasteiger partial charge in [-0.3, -0.25) is 14.0 Å².